The summed E-state index contributed by atoms with van der Waals surface area (Å²) in [5, 5.41) is 4.50. The van der Waals surface area contributed by atoms with Gasteiger partial charge in [0.2, 0.25) is 5.91 Å². The number of benzene rings is 2. The number of amides is 1. The number of hydrogen-bond donors (Lipinski definition) is 1. The van der Waals surface area contributed by atoms with Gasteiger partial charge in [-0.15, -0.1) is 11.3 Å². The summed E-state index contributed by atoms with van der Waals surface area (Å²) in [4.78, 5) is 25.7. The van der Waals surface area contributed by atoms with E-state index in [1.165, 1.54) is 11.8 Å². The quantitative estimate of drug-likeness (QED) is 0.319. The average Bonchev–Trinajstić information content (AvgIpc) is 3.20. The molecule has 4 aromatic rings. The van der Waals surface area contributed by atoms with Crippen LogP contribution in [0.4, 0.5) is 11.4 Å². The molecule has 7 heteroatoms. The molecular weight excluding hydrogens is 412 g/mol. The number of nitrogens with zero attached hydrogens (tertiary/aromatic N) is 3. The lowest BCUT2D eigenvalue weighted by Crippen LogP contribution is -2.22. The van der Waals surface area contributed by atoms with E-state index >= 15 is 0 Å². The van der Waals surface area contributed by atoms with Crippen molar-refractivity contribution in [2.45, 2.75) is 17.2 Å². The molecule has 0 aliphatic heterocycles. The van der Waals surface area contributed by atoms with Gasteiger partial charge in [0.25, 0.3) is 0 Å². The Hall–Kier alpha value is -2.90. The van der Waals surface area contributed by atoms with Crippen LogP contribution < -0.4 is 10.2 Å². The van der Waals surface area contributed by atoms with Gasteiger partial charge in [0.1, 0.15) is 16.2 Å². The molecule has 1 N–H and O–H groups in total. The molecule has 30 heavy (non-hydrogen) atoms. The SMILES string of the molecule is C[C@@H](Sc1ncnc2sc(-c3ccccc3)cc12)C(=O)Nc1ccc(N(C)C)cc1. The molecule has 5 nitrogen and oxygen atoms in total. The van der Waals surface area contributed by atoms with Crippen molar-refractivity contribution in [2.24, 2.45) is 0 Å². The van der Waals surface area contributed by atoms with Crippen LogP contribution in [0, 0.1) is 0 Å². The minimum absolute atomic E-state index is 0.0529. The highest BCUT2D eigenvalue weighted by atomic mass is 32.2. The molecule has 4 rings (SSSR count). The van der Waals surface area contributed by atoms with E-state index < -0.39 is 0 Å². The van der Waals surface area contributed by atoms with Crippen LogP contribution >= 0.6 is 23.1 Å². The number of anilines is 2. The zero-order valence-corrected chi connectivity index (χ0v) is 18.6. The maximum absolute atomic E-state index is 12.7. The number of thiophene rings is 1. The van der Waals surface area contributed by atoms with Crippen molar-refractivity contribution in [3.8, 4) is 10.4 Å². The van der Waals surface area contributed by atoms with Crippen molar-refractivity contribution in [1.82, 2.24) is 9.97 Å². The Kier molecular flexibility index (Phi) is 6.01. The molecule has 2 heterocycles. The molecule has 0 fully saturated rings. The summed E-state index contributed by atoms with van der Waals surface area (Å²) in [7, 11) is 3.98. The molecular formula is C23H22N4OS2. The molecule has 0 saturated carbocycles. The third kappa shape index (κ3) is 4.47. The Labute approximate surface area is 184 Å². The lowest BCUT2D eigenvalue weighted by molar-refractivity contribution is -0.115. The predicted molar refractivity (Wildman–Crippen MR) is 128 cm³/mol. The first-order chi connectivity index (χ1) is 14.5. The van der Waals surface area contributed by atoms with Crippen molar-refractivity contribution in [3.63, 3.8) is 0 Å². The average molecular weight is 435 g/mol. The maximum Gasteiger partial charge on any atom is 0.237 e. The van der Waals surface area contributed by atoms with E-state index in [0.717, 1.165) is 37.1 Å². The van der Waals surface area contributed by atoms with E-state index in [1.807, 2.05) is 68.4 Å². The van der Waals surface area contributed by atoms with Crippen LogP contribution in [0.3, 0.4) is 0 Å². The van der Waals surface area contributed by atoms with Gasteiger partial charge in [-0.25, -0.2) is 9.97 Å². The fourth-order valence-electron chi connectivity index (χ4n) is 2.98. The van der Waals surface area contributed by atoms with Gasteiger partial charge in [-0.3, -0.25) is 4.79 Å². The van der Waals surface area contributed by atoms with Crippen molar-refractivity contribution < 1.29 is 4.79 Å². The molecule has 152 valence electrons. The van der Waals surface area contributed by atoms with Crippen molar-refractivity contribution in [3.05, 3.63) is 67.0 Å². The first-order valence-electron chi connectivity index (χ1n) is 9.56. The third-order valence-corrected chi connectivity index (χ3v) is 6.87. The Balaban J connectivity index is 1.50. The van der Waals surface area contributed by atoms with E-state index in [9.17, 15) is 4.79 Å². The normalized spacial score (nSPS) is 12.0. The summed E-state index contributed by atoms with van der Waals surface area (Å²) in [6, 6.07) is 20.1. The first-order valence-corrected chi connectivity index (χ1v) is 11.3. The predicted octanol–water partition coefficient (Wildman–Crippen LogP) is 5.54. The summed E-state index contributed by atoms with van der Waals surface area (Å²) in [5.74, 6) is -0.0529. The van der Waals surface area contributed by atoms with Crippen molar-refractivity contribution >= 4 is 50.6 Å². The smallest absolute Gasteiger partial charge is 0.237 e. The van der Waals surface area contributed by atoms with Crippen molar-refractivity contribution in [2.75, 3.05) is 24.3 Å². The van der Waals surface area contributed by atoms with Crippen LogP contribution in [-0.4, -0.2) is 35.2 Å². The molecule has 2 aromatic heterocycles. The van der Waals surface area contributed by atoms with Gasteiger partial charge in [-0.2, -0.15) is 0 Å². The lowest BCUT2D eigenvalue weighted by Gasteiger charge is -2.14. The summed E-state index contributed by atoms with van der Waals surface area (Å²) >= 11 is 3.09. The highest BCUT2D eigenvalue weighted by Crippen LogP contribution is 2.37. The fourth-order valence-corrected chi connectivity index (χ4v) is 4.94. The maximum atomic E-state index is 12.7. The van der Waals surface area contributed by atoms with E-state index in [-0.39, 0.29) is 11.2 Å². The van der Waals surface area contributed by atoms with Gasteiger partial charge < -0.3 is 10.2 Å². The third-order valence-electron chi connectivity index (χ3n) is 4.66. The minimum Gasteiger partial charge on any atom is -0.378 e. The number of fused-ring (bicyclic) bond motifs is 1. The van der Waals surface area contributed by atoms with Crippen LogP contribution in [-0.2, 0) is 4.79 Å². The van der Waals surface area contributed by atoms with Gasteiger partial charge in [-0.05, 0) is 42.8 Å². The highest BCUT2D eigenvalue weighted by Gasteiger charge is 2.18. The zero-order chi connectivity index (χ0) is 21.1. The summed E-state index contributed by atoms with van der Waals surface area (Å²) < 4.78 is 0. The lowest BCUT2D eigenvalue weighted by atomic mass is 10.2. The second-order valence-electron chi connectivity index (χ2n) is 7.06. The largest absolute Gasteiger partial charge is 0.378 e. The molecule has 1 atom stereocenters. The monoisotopic (exact) mass is 434 g/mol. The number of thioether (sulfide) groups is 1. The number of nitrogens with one attached hydrogen (secondary N) is 1. The molecule has 0 aliphatic rings. The highest BCUT2D eigenvalue weighted by molar-refractivity contribution is 8.00. The molecule has 1 amide bonds. The van der Waals surface area contributed by atoms with Crippen LogP contribution in [0.1, 0.15) is 6.92 Å². The number of hydrogen-bond acceptors (Lipinski definition) is 6. The number of carbonyl (C=O) groups is 1. The van der Waals surface area contributed by atoms with Gasteiger partial charge in [0.15, 0.2) is 0 Å². The van der Waals surface area contributed by atoms with E-state index in [0.29, 0.717) is 0 Å². The van der Waals surface area contributed by atoms with Gasteiger partial charge in [0, 0.05) is 35.7 Å². The molecule has 0 aliphatic carbocycles. The number of rotatable bonds is 6. The summed E-state index contributed by atoms with van der Waals surface area (Å²) in [5.41, 5.74) is 3.03. The molecule has 0 radical (unpaired) electrons. The number of carbonyl (C=O) groups excluding carboxylic acids is 1. The number of aromatic nitrogens is 2. The second-order valence-corrected chi connectivity index (χ2v) is 9.43. The van der Waals surface area contributed by atoms with Gasteiger partial charge in [0.05, 0.1) is 5.25 Å². The summed E-state index contributed by atoms with van der Waals surface area (Å²) in [6.07, 6.45) is 1.57. The standard InChI is InChI=1S/C23H22N4OS2/c1-15(21(28)26-17-9-11-18(12-10-17)27(2)3)29-22-19-13-20(16-7-5-4-6-8-16)30-23(19)25-14-24-22/h4-15H,1-3H3,(H,26,28)/t15-/m1/s1. The minimum atomic E-state index is -0.295. The molecule has 0 unspecified atom stereocenters. The summed E-state index contributed by atoms with van der Waals surface area (Å²) in [6.45, 7) is 1.90. The first kappa shape index (κ1) is 20.4. The molecule has 0 spiro atoms. The molecule has 0 saturated heterocycles. The fraction of sp³-hybridized carbons (Fsp3) is 0.174. The molecule has 2 aromatic carbocycles. The van der Waals surface area contributed by atoms with Gasteiger partial charge in [-0.1, -0.05) is 42.1 Å². The Morgan fingerprint density at radius 1 is 1.07 bits per heavy atom. The van der Waals surface area contributed by atoms with Crippen LogP contribution in [0.25, 0.3) is 20.7 Å². The second kappa shape index (κ2) is 8.85. The van der Waals surface area contributed by atoms with Crippen LogP contribution in [0.15, 0.2) is 72.0 Å². The topological polar surface area (TPSA) is 58.1 Å². The van der Waals surface area contributed by atoms with Crippen molar-refractivity contribution in [1.29, 1.82) is 0 Å². The van der Waals surface area contributed by atoms with E-state index in [1.54, 1.807) is 17.7 Å². The Bertz CT molecular complexity index is 1160. The molecule has 0 bridgehead atoms. The van der Waals surface area contributed by atoms with Gasteiger partial charge >= 0.3 is 0 Å². The Morgan fingerprint density at radius 2 is 1.80 bits per heavy atom. The van der Waals surface area contributed by atoms with Crippen LogP contribution in [0.2, 0.25) is 0 Å². The van der Waals surface area contributed by atoms with E-state index in [2.05, 4.69) is 33.5 Å². The zero-order valence-electron chi connectivity index (χ0n) is 17.0. The Morgan fingerprint density at radius 3 is 2.50 bits per heavy atom. The van der Waals surface area contributed by atoms with E-state index in [4.69, 9.17) is 0 Å². The van der Waals surface area contributed by atoms with Crippen LogP contribution in [0.5, 0.6) is 0 Å².